The highest BCUT2D eigenvalue weighted by molar-refractivity contribution is 5.95. The Morgan fingerprint density at radius 3 is 2.67 bits per heavy atom. The fraction of sp³-hybridized carbons (Fsp3) is 0.556. The minimum Gasteiger partial charge on any atom is -0.493 e. The normalized spacial score (nSPS) is 17.0. The zero-order chi connectivity index (χ0) is 26.8. The molecule has 0 saturated carbocycles. The van der Waals surface area contributed by atoms with E-state index in [9.17, 15) is 14.4 Å². The third kappa shape index (κ3) is 8.39. The highest BCUT2D eigenvalue weighted by atomic mass is 16.6. The Labute approximate surface area is 213 Å². The van der Waals surface area contributed by atoms with E-state index in [0.717, 1.165) is 19.1 Å². The van der Waals surface area contributed by atoms with E-state index < -0.39 is 29.2 Å². The van der Waals surface area contributed by atoms with Gasteiger partial charge in [-0.15, -0.1) is 6.58 Å². The van der Waals surface area contributed by atoms with Gasteiger partial charge in [-0.3, -0.25) is 5.32 Å². The maximum absolute atomic E-state index is 12.7. The summed E-state index contributed by atoms with van der Waals surface area (Å²) in [5, 5.41) is 6.11. The number of rotatable bonds is 10. The number of nitrogens with one attached hydrogen (secondary N) is 2. The molecule has 1 aromatic rings. The molecule has 1 aliphatic heterocycles. The molecule has 0 aromatic heterocycles. The van der Waals surface area contributed by atoms with Crippen molar-refractivity contribution < 1.29 is 28.6 Å². The molecule has 1 aromatic carbocycles. The van der Waals surface area contributed by atoms with E-state index in [4.69, 9.17) is 19.2 Å². The van der Waals surface area contributed by atoms with Gasteiger partial charge in [0.25, 0.3) is 0 Å². The van der Waals surface area contributed by atoms with E-state index in [1.54, 1.807) is 39.0 Å². The van der Waals surface area contributed by atoms with E-state index in [1.165, 1.54) is 7.11 Å². The molecule has 1 amide bonds. The van der Waals surface area contributed by atoms with Crippen LogP contribution in [0.25, 0.3) is 0 Å². The van der Waals surface area contributed by atoms with Crippen molar-refractivity contribution >= 4 is 24.3 Å². The third-order valence-corrected chi connectivity index (χ3v) is 5.94. The summed E-state index contributed by atoms with van der Waals surface area (Å²) < 4.78 is 16.1. The van der Waals surface area contributed by atoms with Gasteiger partial charge in [-0.25, -0.2) is 14.6 Å². The van der Waals surface area contributed by atoms with Gasteiger partial charge < -0.3 is 24.3 Å². The van der Waals surface area contributed by atoms with Crippen molar-refractivity contribution in [2.75, 3.05) is 13.7 Å². The Hall–Kier alpha value is -3.36. The Morgan fingerprint density at radius 2 is 2.06 bits per heavy atom. The molecular formula is C27H39N3O6. The lowest BCUT2D eigenvalue weighted by Gasteiger charge is -2.35. The average Bonchev–Trinajstić information content (AvgIpc) is 2.82. The van der Waals surface area contributed by atoms with Gasteiger partial charge in [0.2, 0.25) is 5.96 Å². The van der Waals surface area contributed by atoms with Crippen LogP contribution in [-0.4, -0.2) is 49.2 Å². The van der Waals surface area contributed by atoms with Gasteiger partial charge in [0.15, 0.2) is 0 Å². The first-order valence-electron chi connectivity index (χ1n) is 12.3. The summed E-state index contributed by atoms with van der Waals surface area (Å²) >= 11 is 0. The Kier molecular flexibility index (Phi) is 10.5. The maximum Gasteiger partial charge on any atom is 0.414 e. The minimum absolute atomic E-state index is 0.202. The lowest BCUT2D eigenvalue weighted by molar-refractivity contribution is -0.109. The van der Waals surface area contributed by atoms with Gasteiger partial charge in [-0.05, 0) is 64.7 Å². The molecule has 1 aliphatic rings. The van der Waals surface area contributed by atoms with Gasteiger partial charge in [0.1, 0.15) is 17.6 Å². The number of nitrogens with zero attached hydrogens (tertiary/aromatic N) is 1. The number of amides is 1. The lowest BCUT2D eigenvalue weighted by Crippen LogP contribution is -2.54. The van der Waals surface area contributed by atoms with Gasteiger partial charge in [-0.1, -0.05) is 13.0 Å². The first-order chi connectivity index (χ1) is 17.1. The number of guanidine groups is 1. The second-order valence-electron chi connectivity index (χ2n) is 9.81. The number of hydrogen-bond donors (Lipinski definition) is 2. The predicted octanol–water partition coefficient (Wildman–Crippen LogP) is 4.86. The molecule has 1 unspecified atom stereocenters. The van der Waals surface area contributed by atoms with Crippen molar-refractivity contribution in [2.45, 2.75) is 83.4 Å². The first-order valence-corrected chi connectivity index (χ1v) is 12.3. The summed E-state index contributed by atoms with van der Waals surface area (Å²) in [5.41, 5.74) is -0.228. The number of carbonyl (C=O) groups is 3. The van der Waals surface area contributed by atoms with Crippen LogP contribution < -0.4 is 15.4 Å². The van der Waals surface area contributed by atoms with E-state index in [0.29, 0.717) is 42.7 Å². The zero-order valence-electron chi connectivity index (χ0n) is 22.0. The van der Waals surface area contributed by atoms with Crippen LogP contribution in [0.1, 0.15) is 88.2 Å². The second-order valence-corrected chi connectivity index (χ2v) is 9.81. The molecule has 9 nitrogen and oxygen atoms in total. The molecule has 9 heteroatoms. The molecule has 36 heavy (non-hydrogen) atoms. The van der Waals surface area contributed by atoms with Crippen LogP contribution in [0.3, 0.4) is 0 Å². The number of benzene rings is 1. The van der Waals surface area contributed by atoms with Crippen LogP contribution in [0, 0.1) is 0 Å². The number of methoxy groups -OCH3 is 1. The quantitative estimate of drug-likeness (QED) is 0.117. The molecule has 2 rings (SSSR count). The van der Waals surface area contributed by atoms with Crippen LogP contribution >= 0.6 is 0 Å². The Balaban J connectivity index is 2.48. The van der Waals surface area contributed by atoms with Crippen LogP contribution in [0.15, 0.2) is 35.8 Å². The molecule has 0 fully saturated rings. The second kappa shape index (κ2) is 13.1. The van der Waals surface area contributed by atoms with E-state index in [1.807, 2.05) is 13.0 Å². The summed E-state index contributed by atoms with van der Waals surface area (Å²) in [6, 6.07) is 4.65. The molecular weight excluding hydrogens is 462 g/mol. The molecule has 0 radical (unpaired) electrons. The van der Waals surface area contributed by atoms with Gasteiger partial charge in [-0.2, -0.15) is 0 Å². The monoisotopic (exact) mass is 501 g/mol. The van der Waals surface area contributed by atoms with Crippen molar-refractivity contribution in [3.63, 3.8) is 0 Å². The van der Waals surface area contributed by atoms with Gasteiger partial charge >= 0.3 is 12.1 Å². The van der Waals surface area contributed by atoms with E-state index in [2.05, 4.69) is 17.2 Å². The fourth-order valence-electron chi connectivity index (χ4n) is 4.03. The van der Waals surface area contributed by atoms with Crippen molar-refractivity contribution in [3.05, 3.63) is 42.0 Å². The minimum atomic E-state index is -0.704. The summed E-state index contributed by atoms with van der Waals surface area (Å²) in [7, 11) is 1.32. The van der Waals surface area contributed by atoms with E-state index >= 15 is 0 Å². The number of hydrogen-bond acceptors (Lipinski definition) is 7. The number of ether oxygens (including phenoxy) is 3. The topological polar surface area (TPSA) is 115 Å². The number of aldehydes is 1. The van der Waals surface area contributed by atoms with Crippen molar-refractivity contribution in [1.82, 2.24) is 10.6 Å². The van der Waals surface area contributed by atoms with Crippen LogP contribution in [-0.2, 0) is 14.3 Å². The smallest absolute Gasteiger partial charge is 0.414 e. The van der Waals surface area contributed by atoms with Crippen LogP contribution in [0.5, 0.6) is 5.75 Å². The van der Waals surface area contributed by atoms with E-state index in [-0.39, 0.29) is 12.4 Å². The highest BCUT2D eigenvalue weighted by Gasteiger charge is 2.31. The van der Waals surface area contributed by atoms with Crippen molar-refractivity contribution in [1.29, 1.82) is 0 Å². The number of allylic oxidation sites excluding steroid dienone is 1. The SMILES string of the molecule is C=CCCCC(CC)(CC=O)NC(=N[C@@H]1CCOc2ccc(C(=O)OC)cc21)NC(=O)OC(C)(C)C. The maximum atomic E-state index is 12.7. The summed E-state index contributed by atoms with van der Waals surface area (Å²) in [6.07, 6.45) is 5.77. The average molecular weight is 502 g/mol. The zero-order valence-corrected chi connectivity index (χ0v) is 22.0. The summed E-state index contributed by atoms with van der Waals surface area (Å²) in [6.45, 7) is 11.5. The number of unbranched alkanes of at least 4 members (excludes halogenated alkanes) is 1. The number of fused-ring (bicyclic) bond motifs is 1. The predicted molar refractivity (Wildman–Crippen MR) is 138 cm³/mol. The first kappa shape index (κ1) is 28.9. The fourth-order valence-corrected chi connectivity index (χ4v) is 4.03. The van der Waals surface area contributed by atoms with Crippen LogP contribution in [0.4, 0.5) is 4.79 Å². The van der Waals surface area contributed by atoms with Crippen molar-refractivity contribution in [3.8, 4) is 5.75 Å². The van der Waals surface area contributed by atoms with Gasteiger partial charge in [0.05, 0.1) is 25.3 Å². The number of esters is 1. The molecule has 2 atom stereocenters. The molecule has 198 valence electrons. The molecule has 0 bridgehead atoms. The molecule has 0 spiro atoms. The van der Waals surface area contributed by atoms with Crippen LogP contribution in [0.2, 0.25) is 0 Å². The van der Waals surface area contributed by atoms with Gasteiger partial charge in [0, 0.05) is 23.9 Å². The number of alkyl carbamates (subject to hydrolysis) is 1. The number of carbonyl (C=O) groups excluding carboxylic acids is 3. The largest absolute Gasteiger partial charge is 0.493 e. The Morgan fingerprint density at radius 1 is 1.31 bits per heavy atom. The summed E-state index contributed by atoms with van der Waals surface area (Å²) in [5.74, 6) is 0.349. The molecule has 0 aliphatic carbocycles. The molecule has 1 heterocycles. The molecule has 0 saturated heterocycles. The Bertz CT molecular complexity index is 969. The van der Waals surface area contributed by atoms with Crippen molar-refractivity contribution in [2.24, 2.45) is 4.99 Å². The molecule has 2 N–H and O–H groups in total. The summed E-state index contributed by atoms with van der Waals surface area (Å²) in [4.78, 5) is 41.3. The highest BCUT2D eigenvalue weighted by Crippen LogP contribution is 2.35. The number of aliphatic imine (C=N–C) groups is 1. The lowest BCUT2D eigenvalue weighted by atomic mass is 9.87. The standard InChI is InChI=1S/C27H39N3O6/c1-7-9-10-14-27(8-2,15-16-31)30-24(29-25(33)36-26(3,4)5)28-21-13-17-35-22-12-11-19(18-20(21)22)23(32)34-6/h7,11-12,16,18,21H,1,8-10,13-15,17H2,2-6H3,(H2,28,29,30,33)/t21-,27?/m1/s1. The third-order valence-electron chi connectivity index (χ3n) is 5.94.